The Balaban J connectivity index is -0.0000000450. The summed E-state index contributed by atoms with van der Waals surface area (Å²) < 4.78 is 1.92. The van der Waals surface area contributed by atoms with Crippen LogP contribution in [0.4, 0.5) is 0 Å². The van der Waals surface area contributed by atoms with E-state index in [1.807, 2.05) is 18.0 Å². The smallest absolute Gasteiger partial charge is 1.00 e. The molecule has 0 bridgehead atoms. The predicted molar refractivity (Wildman–Crippen MR) is 19.4 cm³/mol. The van der Waals surface area contributed by atoms with Crippen LogP contribution in [0.25, 0.3) is 0 Å². The van der Waals surface area contributed by atoms with Crippen LogP contribution in [0.15, 0.2) is 0 Å². The average molecular weight is 231 g/mol. The van der Waals surface area contributed by atoms with Crippen molar-refractivity contribution in [3.63, 3.8) is 0 Å². The summed E-state index contributed by atoms with van der Waals surface area (Å²) in [5.74, 6) is 0. The van der Waals surface area contributed by atoms with Crippen molar-refractivity contribution >= 4 is 16.5 Å². The zero-order chi connectivity index (χ0) is 3.58. The van der Waals surface area contributed by atoms with Gasteiger partial charge in [0, 0.05) is 0 Å². The van der Waals surface area contributed by atoms with Crippen molar-refractivity contribution in [1.29, 1.82) is 0 Å². The standard InChI is InChI=1S/C2H6N.Al.2BrH/c1-3-2;;;/h1-2H3;;2*1H/q-1;+3;;/p-2. The molecular formula is C2H6AlBr2N. The maximum Gasteiger partial charge on any atom is -1.00 e. The van der Waals surface area contributed by atoms with E-state index in [9.17, 15) is 0 Å². The summed E-state index contributed by atoms with van der Waals surface area (Å²) >= 11 is 2.49. The van der Waals surface area contributed by atoms with E-state index in [2.05, 4.69) is 16.5 Å². The van der Waals surface area contributed by atoms with E-state index in [1.165, 1.54) is 0 Å². The molecule has 0 radical (unpaired) electrons. The maximum atomic E-state index is 2.49. The molecule has 6 heavy (non-hydrogen) atoms. The van der Waals surface area contributed by atoms with Crippen LogP contribution in [-0.4, -0.2) is 34.5 Å². The normalized spacial score (nSPS) is 6.17. The molecule has 0 rings (SSSR count). The Morgan fingerprint density at radius 1 is 1.17 bits per heavy atom. The number of rotatable bonds is 0. The third-order valence-electron chi connectivity index (χ3n) is 0. The number of nitrogens with zero attached hydrogens (tertiary/aromatic N) is 1. The molecule has 0 fully saturated rings. The predicted octanol–water partition coefficient (Wildman–Crippen LogP) is -6.36. The van der Waals surface area contributed by atoms with Crippen molar-refractivity contribution in [2.45, 2.75) is 0 Å². The first-order valence-corrected chi connectivity index (χ1v) is 1.67. The van der Waals surface area contributed by atoms with Crippen LogP contribution < -0.4 is 34.0 Å². The summed E-state index contributed by atoms with van der Waals surface area (Å²) in [4.78, 5) is 0. The molecule has 0 aromatic rings. The second-order valence-corrected chi connectivity index (χ2v) is 2.00. The molecule has 0 aromatic carbocycles. The molecule has 0 heterocycles. The van der Waals surface area contributed by atoms with Crippen LogP contribution in [0, 0.1) is 0 Å². The molecule has 0 saturated heterocycles. The molecular weight excluding hydrogens is 225 g/mol. The van der Waals surface area contributed by atoms with Crippen LogP contribution >= 0.6 is 0 Å². The molecule has 0 N–H and O–H groups in total. The van der Waals surface area contributed by atoms with Gasteiger partial charge in [-0.05, 0) is 0 Å². The minimum absolute atomic E-state index is 0. The van der Waals surface area contributed by atoms with E-state index in [0.29, 0.717) is 0 Å². The van der Waals surface area contributed by atoms with Gasteiger partial charge in [-0.1, -0.05) is 0 Å². The van der Waals surface area contributed by atoms with E-state index in [0.717, 1.165) is 0 Å². The first-order valence-electron chi connectivity index (χ1n) is 1.15. The minimum Gasteiger partial charge on any atom is -1.00 e. The van der Waals surface area contributed by atoms with Crippen molar-refractivity contribution in [2.24, 2.45) is 0 Å². The fourth-order valence-corrected chi connectivity index (χ4v) is 0. The quantitative estimate of drug-likeness (QED) is 0.375. The molecule has 0 aromatic heterocycles. The van der Waals surface area contributed by atoms with Gasteiger partial charge in [0.25, 0.3) is 0 Å². The minimum atomic E-state index is 0. The van der Waals surface area contributed by atoms with Gasteiger partial charge >= 0.3 is 34.5 Å². The van der Waals surface area contributed by atoms with Gasteiger partial charge in [-0.2, -0.15) is 0 Å². The van der Waals surface area contributed by atoms with E-state index in [1.54, 1.807) is 0 Å². The van der Waals surface area contributed by atoms with Crippen LogP contribution in [0.3, 0.4) is 0 Å². The molecule has 4 heteroatoms. The third kappa shape index (κ3) is 51.2. The van der Waals surface area contributed by atoms with E-state index in [4.69, 9.17) is 0 Å². The van der Waals surface area contributed by atoms with E-state index in [-0.39, 0.29) is 34.0 Å². The summed E-state index contributed by atoms with van der Waals surface area (Å²) in [6, 6.07) is 0. The zero-order valence-electron chi connectivity index (χ0n) is 3.78. The molecule has 0 aliphatic rings. The zero-order valence-corrected chi connectivity index (χ0v) is 8.11. The van der Waals surface area contributed by atoms with Crippen molar-refractivity contribution in [3.05, 3.63) is 0 Å². The average Bonchev–Trinajstić information content (AvgIpc) is 0.811. The number of hydrogen-bond donors (Lipinski definition) is 0. The fourth-order valence-electron chi connectivity index (χ4n) is 0. The van der Waals surface area contributed by atoms with Crippen molar-refractivity contribution in [2.75, 3.05) is 14.1 Å². The first kappa shape index (κ1) is 15.7. The van der Waals surface area contributed by atoms with Gasteiger partial charge in [0.05, 0.1) is 0 Å². The van der Waals surface area contributed by atoms with Gasteiger partial charge in [0.15, 0.2) is 0 Å². The Hall–Kier alpha value is 1.45. The molecule has 0 aliphatic heterocycles. The van der Waals surface area contributed by atoms with Crippen molar-refractivity contribution < 1.29 is 34.0 Å². The largest absolute Gasteiger partial charge is 1.00 e. The van der Waals surface area contributed by atoms with Gasteiger partial charge in [0.2, 0.25) is 0 Å². The second kappa shape index (κ2) is 9.68. The van der Waals surface area contributed by atoms with Crippen LogP contribution in [0.2, 0.25) is 0 Å². The van der Waals surface area contributed by atoms with Gasteiger partial charge < -0.3 is 34.0 Å². The Bertz CT molecular complexity index is 16.3. The van der Waals surface area contributed by atoms with E-state index >= 15 is 0 Å². The third-order valence-corrected chi connectivity index (χ3v) is 0. The number of halogens is 2. The summed E-state index contributed by atoms with van der Waals surface area (Å²) in [5.41, 5.74) is 0. The molecule has 36 valence electrons. The van der Waals surface area contributed by atoms with E-state index < -0.39 is 0 Å². The van der Waals surface area contributed by atoms with Gasteiger partial charge in [-0.15, -0.1) is 0 Å². The van der Waals surface area contributed by atoms with Gasteiger partial charge in [0.1, 0.15) is 0 Å². The fraction of sp³-hybridized carbons (Fsp3) is 1.00. The van der Waals surface area contributed by atoms with Crippen molar-refractivity contribution in [3.8, 4) is 0 Å². The van der Waals surface area contributed by atoms with Crippen molar-refractivity contribution in [1.82, 2.24) is 3.88 Å². The molecule has 0 unspecified atom stereocenters. The molecule has 1 nitrogen and oxygen atoms in total. The molecule has 0 aliphatic carbocycles. The second-order valence-electron chi connectivity index (χ2n) is 0.964. The van der Waals surface area contributed by atoms with Crippen LogP contribution in [0.5, 0.6) is 0 Å². The Kier molecular flexibility index (Phi) is 25.2. The molecule has 0 atom stereocenters. The first-order chi connectivity index (χ1) is 1.73. The summed E-state index contributed by atoms with van der Waals surface area (Å²) in [7, 11) is 3.93. The molecule has 0 amide bonds. The summed E-state index contributed by atoms with van der Waals surface area (Å²) in [6.07, 6.45) is 0. The summed E-state index contributed by atoms with van der Waals surface area (Å²) in [6.45, 7) is 0. The number of hydrogen-bond acceptors (Lipinski definition) is 1. The Morgan fingerprint density at radius 3 is 1.17 bits per heavy atom. The molecule has 0 saturated carbocycles. The SMILES string of the molecule is C[N](C)[Al+2].[Br-].[Br-]. The molecule has 0 spiro atoms. The van der Waals surface area contributed by atoms with Crippen LogP contribution in [-0.2, 0) is 0 Å². The monoisotopic (exact) mass is 229 g/mol. The summed E-state index contributed by atoms with van der Waals surface area (Å²) in [5, 5.41) is 0. The Labute approximate surface area is 68.3 Å². The Morgan fingerprint density at radius 2 is 1.17 bits per heavy atom. The van der Waals surface area contributed by atoms with Gasteiger partial charge in [-0.3, -0.25) is 0 Å². The van der Waals surface area contributed by atoms with Crippen LogP contribution in [0.1, 0.15) is 0 Å². The maximum absolute atomic E-state index is 2.49. The van der Waals surface area contributed by atoms with Gasteiger partial charge in [-0.25, -0.2) is 0 Å². The topological polar surface area (TPSA) is 3.24 Å².